The van der Waals surface area contributed by atoms with Gasteiger partial charge in [0.05, 0.1) is 0 Å². The Kier molecular flexibility index (Phi) is 12.5. The van der Waals surface area contributed by atoms with Crippen LogP contribution in [0.2, 0.25) is 0 Å². The van der Waals surface area contributed by atoms with Crippen molar-refractivity contribution < 1.29 is 19.1 Å². The van der Waals surface area contributed by atoms with E-state index >= 15 is 0 Å². The molecule has 0 saturated carbocycles. The largest absolute Gasteiger partial charge is 0.444 e. The molecule has 0 spiro atoms. The Labute approximate surface area is 211 Å². The molecule has 1 aromatic carbocycles. The lowest BCUT2D eigenvalue weighted by atomic mass is 9.99. The van der Waals surface area contributed by atoms with Crippen molar-refractivity contribution in [1.29, 1.82) is 0 Å². The van der Waals surface area contributed by atoms with Crippen molar-refractivity contribution in [2.75, 3.05) is 6.54 Å². The van der Waals surface area contributed by atoms with E-state index in [9.17, 15) is 14.4 Å². The molecule has 0 aromatic heterocycles. The zero-order valence-corrected chi connectivity index (χ0v) is 22.6. The maximum Gasteiger partial charge on any atom is 0.408 e. The number of amides is 3. The Morgan fingerprint density at radius 3 is 2.29 bits per heavy atom. The number of nitrogens with one attached hydrogen (secondary N) is 2. The predicted octanol–water partition coefficient (Wildman–Crippen LogP) is 5.61. The molecule has 2 N–H and O–H groups in total. The first kappa shape index (κ1) is 30.2. The number of benzene rings is 1. The predicted molar refractivity (Wildman–Crippen MR) is 142 cm³/mol. The van der Waals surface area contributed by atoms with E-state index in [2.05, 4.69) is 24.1 Å². The summed E-state index contributed by atoms with van der Waals surface area (Å²) in [6, 6.07) is 5.69. The van der Waals surface area contributed by atoms with E-state index < -0.39 is 23.8 Å². The van der Waals surface area contributed by atoms with Crippen LogP contribution >= 0.6 is 0 Å². The van der Waals surface area contributed by atoms with Gasteiger partial charge in [0, 0.05) is 12.6 Å². The number of carbonyl (C=O) groups is 3. The monoisotopic (exact) mass is 487 g/mol. The van der Waals surface area contributed by atoms with Crippen LogP contribution in [0, 0.1) is 0 Å². The van der Waals surface area contributed by atoms with Gasteiger partial charge in [0.2, 0.25) is 11.8 Å². The summed E-state index contributed by atoms with van der Waals surface area (Å²) in [4.78, 5) is 41.0. The number of alkyl carbamates (subject to hydrolysis) is 1. The standard InChI is InChI=1S/C28H45N3O4/c1-9-11-12-13-14-18-31(26(33)21(5)30-27(34)35-28(6,7)8)24(25(32)29-20(3)4)23-17-15-16-22(10-2)19-23/h10,15-17,19-21,24H,2,9,11-14,18H2,1,3-8H3,(H,29,32)(H,30,34). The van der Waals surface area contributed by atoms with E-state index in [1.165, 1.54) is 0 Å². The lowest BCUT2D eigenvalue weighted by molar-refractivity contribution is -0.142. The fraction of sp³-hybridized carbons (Fsp3) is 0.607. The highest BCUT2D eigenvalue weighted by atomic mass is 16.6. The molecule has 196 valence electrons. The molecule has 0 saturated heterocycles. The van der Waals surface area contributed by atoms with Gasteiger partial charge in [-0.15, -0.1) is 0 Å². The SMILES string of the molecule is C=Cc1cccc(C(C(=O)NC(C)C)N(CCCCCCC)C(=O)C(C)NC(=O)OC(C)(C)C)c1. The molecule has 2 unspecified atom stereocenters. The fourth-order valence-electron chi connectivity index (χ4n) is 3.74. The fourth-order valence-corrected chi connectivity index (χ4v) is 3.74. The minimum Gasteiger partial charge on any atom is -0.444 e. The average Bonchev–Trinajstić information content (AvgIpc) is 2.75. The maximum absolute atomic E-state index is 13.7. The molecule has 0 heterocycles. The zero-order valence-electron chi connectivity index (χ0n) is 22.6. The van der Waals surface area contributed by atoms with Crippen LogP contribution in [-0.2, 0) is 14.3 Å². The van der Waals surface area contributed by atoms with Crippen LogP contribution in [0.3, 0.4) is 0 Å². The Bertz CT molecular complexity index is 845. The molecule has 2 atom stereocenters. The van der Waals surface area contributed by atoms with Crippen LogP contribution in [0.4, 0.5) is 4.79 Å². The summed E-state index contributed by atoms with van der Waals surface area (Å²) in [7, 11) is 0. The molecule has 0 aliphatic carbocycles. The number of hydrogen-bond acceptors (Lipinski definition) is 4. The molecule has 7 heteroatoms. The van der Waals surface area contributed by atoms with E-state index in [0.29, 0.717) is 12.1 Å². The molecule has 0 aliphatic heterocycles. The summed E-state index contributed by atoms with van der Waals surface area (Å²) < 4.78 is 5.33. The summed E-state index contributed by atoms with van der Waals surface area (Å²) in [5.74, 6) is -0.591. The molecule has 1 aromatic rings. The minimum absolute atomic E-state index is 0.0913. The van der Waals surface area contributed by atoms with Crippen LogP contribution in [0.5, 0.6) is 0 Å². The summed E-state index contributed by atoms with van der Waals surface area (Å²) in [6.07, 6.45) is 6.08. The average molecular weight is 488 g/mol. The first-order valence-corrected chi connectivity index (χ1v) is 12.7. The summed E-state index contributed by atoms with van der Waals surface area (Å²) in [5, 5.41) is 5.60. The topological polar surface area (TPSA) is 87.7 Å². The lowest BCUT2D eigenvalue weighted by Gasteiger charge is -2.34. The highest BCUT2D eigenvalue weighted by molar-refractivity contribution is 5.92. The van der Waals surface area contributed by atoms with Crippen molar-refractivity contribution >= 4 is 24.0 Å². The number of carbonyl (C=O) groups excluding carboxylic acids is 3. The van der Waals surface area contributed by atoms with Gasteiger partial charge in [-0.3, -0.25) is 9.59 Å². The Balaban J connectivity index is 3.31. The van der Waals surface area contributed by atoms with Crippen molar-refractivity contribution in [3.8, 4) is 0 Å². The molecule has 0 aliphatic rings. The Morgan fingerprint density at radius 1 is 1.06 bits per heavy atom. The van der Waals surface area contributed by atoms with Crippen LogP contribution in [0.25, 0.3) is 6.08 Å². The third-order valence-electron chi connectivity index (χ3n) is 5.34. The smallest absolute Gasteiger partial charge is 0.408 e. The van der Waals surface area contributed by atoms with Crippen LogP contribution in [-0.4, -0.2) is 47.0 Å². The second-order valence-corrected chi connectivity index (χ2v) is 10.3. The van der Waals surface area contributed by atoms with Crippen molar-refractivity contribution in [2.45, 2.75) is 104 Å². The van der Waals surface area contributed by atoms with Gasteiger partial charge in [0.1, 0.15) is 17.7 Å². The summed E-state index contributed by atoms with van der Waals surface area (Å²) in [5.41, 5.74) is 0.878. The highest BCUT2D eigenvalue weighted by Crippen LogP contribution is 2.25. The number of unbranched alkanes of at least 4 members (excludes halogenated alkanes) is 4. The molecular formula is C28H45N3O4. The van der Waals surface area contributed by atoms with E-state index in [4.69, 9.17) is 4.74 Å². The van der Waals surface area contributed by atoms with Gasteiger partial charge >= 0.3 is 6.09 Å². The van der Waals surface area contributed by atoms with Gasteiger partial charge < -0.3 is 20.3 Å². The third-order valence-corrected chi connectivity index (χ3v) is 5.34. The van der Waals surface area contributed by atoms with Crippen LogP contribution in [0.1, 0.15) is 97.7 Å². The molecule has 3 amide bonds. The number of hydrogen-bond donors (Lipinski definition) is 2. The molecule has 0 bridgehead atoms. The molecular weight excluding hydrogens is 442 g/mol. The van der Waals surface area contributed by atoms with Gasteiger partial charge in [-0.25, -0.2) is 4.79 Å². The van der Waals surface area contributed by atoms with Gasteiger partial charge in [0.25, 0.3) is 0 Å². The quantitative estimate of drug-likeness (QED) is 0.354. The van der Waals surface area contributed by atoms with E-state index in [0.717, 1.165) is 37.7 Å². The summed E-state index contributed by atoms with van der Waals surface area (Å²) >= 11 is 0. The van der Waals surface area contributed by atoms with Gasteiger partial charge in [-0.1, -0.05) is 63.5 Å². The Morgan fingerprint density at radius 2 is 1.71 bits per heavy atom. The molecule has 0 fully saturated rings. The zero-order chi connectivity index (χ0) is 26.6. The third kappa shape index (κ3) is 11.0. The molecule has 7 nitrogen and oxygen atoms in total. The Hall–Kier alpha value is -2.83. The summed E-state index contributed by atoms with van der Waals surface area (Å²) in [6.45, 7) is 17.1. The molecule has 0 radical (unpaired) electrons. The van der Waals surface area contributed by atoms with Crippen molar-refractivity contribution in [1.82, 2.24) is 15.5 Å². The minimum atomic E-state index is -0.863. The molecule has 1 rings (SSSR count). The van der Waals surface area contributed by atoms with Gasteiger partial charge in [0.15, 0.2) is 0 Å². The number of nitrogens with zero attached hydrogens (tertiary/aromatic N) is 1. The second kappa shape index (κ2) is 14.5. The van der Waals surface area contributed by atoms with E-state index in [1.807, 2.05) is 38.1 Å². The van der Waals surface area contributed by atoms with Crippen LogP contribution in [0.15, 0.2) is 30.8 Å². The number of rotatable bonds is 13. The molecule has 35 heavy (non-hydrogen) atoms. The van der Waals surface area contributed by atoms with Gasteiger partial charge in [-0.2, -0.15) is 0 Å². The highest BCUT2D eigenvalue weighted by Gasteiger charge is 2.34. The van der Waals surface area contributed by atoms with Crippen molar-refractivity contribution in [3.63, 3.8) is 0 Å². The first-order chi connectivity index (χ1) is 16.4. The van der Waals surface area contributed by atoms with Crippen LogP contribution < -0.4 is 10.6 Å². The van der Waals surface area contributed by atoms with E-state index in [1.54, 1.807) is 38.7 Å². The normalized spacial score (nSPS) is 13.0. The number of ether oxygens (including phenoxy) is 1. The lowest BCUT2D eigenvalue weighted by Crippen LogP contribution is -2.52. The first-order valence-electron chi connectivity index (χ1n) is 12.7. The second-order valence-electron chi connectivity index (χ2n) is 10.3. The maximum atomic E-state index is 13.7. The van der Waals surface area contributed by atoms with Crippen molar-refractivity contribution in [3.05, 3.63) is 42.0 Å². The van der Waals surface area contributed by atoms with Crippen molar-refractivity contribution in [2.24, 2.45) is 0 Å². The van der Waals surface area contributed by atoms with Gasteiger partial charge in [-0.05, 0) is 65.2 Å². The van der Waals surface area contributed by atoms with E-state index in [-0.39, 0.29) is 17.9 Å².